The average Bonchev–Trinajstić information content (AvgIpc) is 2.64. The summed E-state index contributed by atoms with van der Waals surface area (Å²) in [5.41, 5.74) is 1.00. The van der Waals surface area contributed by atoms with E-state index in [2.05, 4.69) is 27.4 Å². The van der Waals surface area contributed by atoms with Gasteiger partial charge in [0.2, 0.25) is 0 Å². The SMILES string of the molecule is CCNC(=NCc1ccc(F)cc1)NCC1CCN(CCOC)CC1. The number of guanidine groups is 1. The van der Waals surface area contributed by atoms with Crippen molar-refractivity contribution in [3.8, 4) is 0 Å². The summed E-state index contributed by atoms with van der Waals surface area (Å²) in [4.78, 5) is 7.06. The molecule has 0 aliphatic carbocycles. The van der Waals surface area contributed by atoms with Crippen LogP contribution >= 0.6 is 0 Å². The number of benzene rings is 1. The molecular weight excluding hydrogens is 319 g/mol. The summed E-state index contributed by atoms with van der Waals surface area (Å²) in [5, 5.41) is 6.73. The van der Waals surface area contributed by atoms with Crippen LogP contribution in [0.2, 0.25) is 0 Å². The Morgan fingerprint density at radius 1 is 1.24 bits per heavy atom. The Morgan fingerprint density at radius 2 is 1.96 bits per heavy atom. The van der Waals surface area contributed by atoms with Crippen LogP contribution in [0.4, 0.5) is 4.39 Å². The molecule has 1 aliphatic rings. The minimum absolute atomic E-state index is 0.213. The van der Waals surface area contributed by atoms with Crippen molar-refractivity contribution in [2.24, 2.45) is 10.9 Å². The van der Waals surface area contributed by atoms with Crippen LogP contribution in [-0.2, 0) is 11.3 Å². The van der Waals surface area contributed by atoms with E-state index in [-0.39, 0.29) is 5.82 Å². The van der Waals surface area contributed by atoms with Gasteiger partial charge >= 0.3 is 0 Å². The quantitative estimate of drug-likeness (QED) is 0.558. The Labute approximate surface area is 150 Å². The number of rotatable bonds is 8. The molecule has 6 heteroatoms. The molecule has 0 unspecified atom stereocenters. The van der Waals surface area contributed by atoms with E-state index in [1.807, 2.05) is 0 Å². The molecule has 0 saturated carbocycles. The molecule has 1 aromatic rings. The molecule has 2 N–H and O–H groups in total. The van der Waals surface area contributed by atoms with Crippen molar-refractivity contribution in [3.63, 3.8) is 0 Å². The topological polar surface area (TPSA) is 48.9 Å². The Hall–Kier alpha value is -1.66. The fraction of sp³-hybridized carbons (Fsp3) is 0.632. The first kappa shape index (κ1) is 19.7. The lowest BCUT2D eigenvalue weighted by Crippen LogP contribution is -2.43. The lowest BCUT2D eigenvalue weighted by Gasteiger charge is -2.32. The van der Waals surface area contributed by atoms with Crippen molar-refractivity contribution in [1.82, 2.24) is 15.5 Å². The number of aliphatic imine (C=N–C) groups is 1. The standard InChI is InChI=1S/C19H31FN4O/c1-3-21-19(22-14-16-4-6-18(20)7-5-16)23-15-17-8-10-24(11-9-17)12-13-25-2/h4-7,17H,3,8-15H2,1-2H3,(H2,21,22,23). The van der Waals surface area contributed by atoms with E-state index in [1.165, 1.54) is 25.0 Å². The van der Waals surface area contributed by atoms with Crippen LogP contribution < -0.4 is 10.6 Å². The zero-order valence-electron chi connectivity index (χ0n) is 15.4. The highest BCUT2D eigenvalue weighted by atomic mass is 19.1. The first-order chi connectivity index (χ1) is 12.2. The highest BCUT2D eigenvalue weighted by molar-refractivity contribution is 5.79. The van der Waals surface area contributed by atoms with Gasteiger partial charge in [-0.1, -0.05) is 12.1 Å². The van der Waals surface area contributed by atoms with E-state index >= 15 is 0 Å². The lowest BCUT2D eigenvalue weighted by molar-refractivity contribution is 0.121. The van der Waals surface area contributed by atoms with E-state index in [1.54, 1.807) is 19.2 Å². The molecule has 1 fully saturated rings. The maximum Gasteiger partial charge on any atom is 0.191 e. The number of nitrogens with zero attached hydrogens (tertiary/aromatic N) is 2. The summed E-state index contributed by atoms with van der Waals surface area (Å²) in [6, 6.07) is 6.50. The molecule has 0 radical (unpaired) electrons. The minimum Gasteiger partial charge on any atom is -0.383 e. The van der Waals surface area contributed by atoms with Gasteiger partial charge in [-0.15, -0.1) is 0 Å². The van der Waals surface area contributed by atoms with Crippen LogP contribution in [0.3, 0.4) is 0 Å². The third kappa shape index (κ3) is 7.40. The van der Waals surface area contributed by atoms with Crippen LogP contribution in [0.15, 0.2) is 29.3 Å². The number of halogens is 1. The maximum absolute atomic E-state index is 13.0. The molecule has 0 aromatic heterocycles. The van der Waals surface area contributed by atoms with Gasteiger partial charge in [-0.2, -0.15) is 0 Å². The first-order valence-corrected chi connectivity index (χ1v) is 9.19. The second-order valence-corrected chi connectivity index (χ2v) is 6.48. The zero-order chi connectivity index (χ0) is 17.9. The zero-order valence-corrected chi connectivity index (χ0v) is 15.4. The Balaban J connectivity index is 1.75. The van der Waals surface area contributed by atoms with E-state index in [0.717, 1.165) is 50.9 Å². The fourth-order valence-electron chi connectivity index (χ4n) is 2.98. The summed E-state index contributed by atoms with van der Waals surface area (Å²) < 4.78 is 18.1. The van der Waals surface area contributed by atoms with Crippen molar-refractivity contribution >= 4 is 5.96 Å². The first-order valence-electron chi connectivity index (χ1n) is 9.19. The number of methoxy groups -OCH3 is 1. The predicted molar refractivity (Wildman–Crippen MR) is 100 cm³/mol. The van der Waals surface area contributed by atoms with Gasteiger partial charge in [-0.25, -0.2) is 9.38 Å². The number of piperidine rings is 1. The number of likely N-dealkylation sites (tertiary alicyclic amines) is 1. The lowest BCUT2D eigenvalue weighted by atomic mass is 9.97. The largest absolute Gasteiger partial charge is 0.383 e. The van der Waals surface area contributed by atoms with Gasteiger partial charge in [0.05, 0.1) is 13.2 Å². The molecule has 0 amide bonds. The van der Waals surface area contributed by atoms with Crippen molar-refractivity contribution in [1.29, 1.82) is 0 Å². The maximum atomic E-state index is 13.0. The summed E-state index contributed by atoms with van der Waals surface area (Å²) in [6.45, 7) is 8.48. The molecule has 25 heavy (non-hydrogen) atoms. The van der Waals surface area contributed by atoms with Crippen LogP contribution in [-0.4, -0.2) is 57.3 Å². The Kier molecular flexibility index (Phi) is 8.69. The van der Waals surface area contributed by atoms with Gasteiger partial charge < -0.3 is 20.3 Å². The summed E-state index contributed by atoms with van der Waals surface area (Å²) in [7, 11) is 1.75. The van der Waals surface area contributed by atoms with Gasteiger partial charge in [0.1, 0.15) is 5.82 Å². The molecule has 0 bridgehead atoms. The van der Waals surface area contributed by atoms with Crippen LogP contribution in [0.5, 0.6) is 0 Å². The minimum atomic E-state index is -0.213. The molecule has 1 heterocycles. The van der Waals surface area contributed by atoms with Gasteiger partial charge in [0.25, 0.3) is 0 Å². The fourth-order valence-corrected chi connectivity index (χ4v) is 2.98. The summed E-state index contributed by atoms with van der Waals surface area (Å²) >= 11 is 0. The number of hydrogen-bond donors (Lipinski definition) is 2. The van der Waals surface area contributed by atoms with Crippen LogP contribution in [0.25, 0.3) is 0 Å². The van der Waals surface area contributed by atoms with E-state index in [0.29, 0.717) is 12.5 Å². The Morgan fingerprint density at radius 3 is 2.60 bits per heavy atom. The molecule has 1 saturated heterocycles. The summed E-state index contributed by atoms with van der Waals surface area (Å²) in [6.07, 6.45) is 2.40. The van der Waals surface area contributed by atoms with E-state index in [9.17, 15) is 4.39 Å². The van der Waals surface area contributed by atoms with Crippen molar-refractivity contribution < 1.29 is 9.13 Å². The molecule has 0 atom stereocenters. The highest BCUT2D eigenvalue weighted by Gasteiger charge is 2.18. The summed E-state index contributed by atoms with van der Waals surface area (Å²) in [5.74, 6) is 1.29. The third-order valence-electron chi connectivity index (χ3n) is 4.55. The number of hydrogen-bond acceptors (Lipinski definition) is 3. The number of ether oxygens (including phenoxy) is 1. The van der Waals surface area contributed by atoms with Gasteiger partial charge in [0.15, 0.2) is 5.96 Å². The smallest absolute Gasteiger partial charge is 0.191 e. The van der Waals surface area contributed by atoms with E-state index in [4.69, 9.17) is 4.74 Å². The van der Waals surface area contributed by atoms with Crippen molar-refractivity contribution in [2.45, 2.75) is 26.3 Å². The average molecular weight is 350 g/mol. The van der Waals surface area contributed by atoms with Crippen LogP contribution in [0, 0.1) is 11.7 Å². The van der Waals surface area contributed by atoms with Crippen molar-refractivity contribution in [2.75, 3.05) is 46.4 Å². The number of nitrogens with one attached hydrogen (secondary N) is 2. The molecule has 5 nitrogen and oxygen atoms in total. The van der Waals surface area contributed by atoms with Gasteiger partial charge in [0, 0.05) is 26.7 Å². The molecule has 2 rings (SSSR count). The second-order valence-electron chi connectivity index (χ2n) is 6.48. The van der Waals surface area contributed by atoms with E-state index < -0.39 is 0 Å². The molecular formula is C19H31FN4O. The second kappa shape index (κ2) is 11.1. The molecule has 140 valence electrons. The van der Waals surface area contributed by atoms with Gasteiger partial charge in [-0.05, 0) is 56.5 Å². The Bertz CT molecular complexity index is 513. The van der Waals surface area contributed by atoms with Gasteiger partial charge in [-0.3, -0.25) is 0 Å². The third-order valence-corrected chi connectivity index (χ3v) is 4.55. The normalized spacial score (nSPS) is 16.8. The predicted octanol–water partition coefficient (Wildman–Crippen LogP) is 2.24. The van der Waals surface area contributed by atoms with Crippen LogP contribution in [0.1, 0.15) is 25.3 Å². The van der Waals surface area contributed by atoms with Crippen molar-refractivity contribution in [3.05, 3.63) is 35.6 Å². The monoisotopic (exact) mass is 350 g/mol. The molecule has 1 aromatic carbocycles. The highest BCUT2D eigenvalue weighted by Crippen LogP contribution is 2.16. The molecule has 1 aliphatic heterocycles. The molecule has 0 spiro atoms.